The number of hydrogen-bond acceptors (Lipinski definition) is 5. The van der Waals surface area contributed by atoms with Crippen molar-refractivity contribution in [1.82, 2.24) is 5.32 Å². The number of carbonyl (C=O) groups excluding carboxylic acids is 3. The number of methoxy groups -OCH3 is 1. The van der Waals surface area contributed by atoms with E-state index in [1.165, 1.54) is 0 Å². The number of nitrogens with one attached hydrogen (secondary N) is 1. The molecule has 2 aromatic rings. The summed E-state index contributed by atoms with van der Waals surface area (Å²) >= 11 is 0. The highest BCUT2D eigenvalue weighted by molar-refractivity contribution is 6.22. The molecule has 0 saturated heterocycles. The van der Waals surface area contributed by atoms with E-state index < -0.39 is 17.8 Å². The van der Waals surface area contributed by atoms with E-state index in [4.69, 9.17) is 9.47 Å². The molecule has 138 valence electrons. The Balaban J connectivity index is 1.69. The maximum absolute atomic E-state index is 12.2. The number of ether oxygens (including phenoxy) is 2. The Hall–Kier alpha value is -3.41. The van der Waals surface area contributed by atoms with Crippen molar-refractivity contribution in [2.24, 2.45) is 0 Å². The van der Waals surface area contributed by atoms with Gasteiger partial charge in [0.05, 0.1) is 24.7 Å². The molecule has 0 spiro atoms. The van der Waals surface area contributed by atoms with Gasteiger partial charge in [-0.2, -0.15) is 0 Å². The van der Waals surface area contributed by atoms with Gasteiger partial charge in [-0.05, 0) is 29.7 Å². The minimum atomic E-state index is -0.493. The van der Waals surface area contributed by atoms with Crippen LogP contribution in [0.3, 0.4) is 0 Å². The Labute approximate surface area is 156 Å². The van der Waals surface area contributed by atoms with Gasteiger partial charge in [-0.25, -0.2) is 0 Å². The molecule has 0 bridgehead atoms. The monoisotopic (exact) mass is 365 g/mol. The molecular formula is C21H19NO5. The molecule has 0 radical (unpaired) electrons. The first-order valence-corrected chi connectivity index (χ1v) is 8.43. The third-order valence-electron chi connectivity index (χ3n) is 4.30. The molecule has 0 fully saturated rings. The van der Waals surface area contributed by atoms with Crippen molar-refractivity contribution in [3.05, 3.63) is 76.9 Å². The third kappa shape index (κ3) is 3.89. The number of fused-ring (bicyclic) bond motifs is 1. The van der Waals surface area contributed by atoms with Gasteiger partial charge in [0.1, 0.15) is 12.4 Å². The first kappa shape index (κ1) is 18.4. The van der Waals surface area contributed by atoms with Crippen LogP contribution in [0.25, 0.3) is 0 Å². The van der Waals surface area contributed by atoms with E-state index in [2.05, 4.69) is 11.9 Å². The summed E-state index contributed by atoms with van der Waals surface area (Å²) in [5.74, 6) is -0.798. The summed E-state index contributed by atoms with van der Waals surface area (Å²) in [6, 6.07) is 10.5. The summed E-state index contributed by atoms with van der Waals surface area (Å²) in [5, 5.41) is 2.23. The molecule has 0 atom stereocenters. The normalized spacial score (nSPS) is 12.3. The Morgan fingerprint density at radius 1 is 1.15 bits per heavy atom. The summed E-state index contributed by atoms with van der Waals surface area (Å²) in [4.78, 5) is 35.9. The second-order valence-corrected chi connectivity index (χ2v) is 6.10. The highest BCUT2D eigenvalue weighted by Gasteiger charge is 2.29. The summed E-state index contributed by atoms with van der Waals surface area (Å²) in [6.45, 7) is 3.76. The largest absolute Gasteiger partial charge is 0.496 e. The lowest BCUT2D eigenvalue weighted by atomic mass is 10.0. The molecule has 6 heteroatoms. The summed E-state index contributed by atoms with van der Waals surface area (Å²) < 4.78 is 10.7. The van der Waals surface area contributed by atoms with E-state index in [0.29, 0.717) is 11.3 Å². The molecule has 2 amide bonds. The lowest BCUT2D eigenvalue weighted by Crippen LogP contribution is -2.20. The average Bonchev–Trinajstić information content (AvgIpc) is 2.95. The van der Waals surface area contributed by atoms with E-state index in [1.807, 2.05) is 18.2 Å². The smallest absolute Gasteiger partial charge is 0.310 e. The fraction of sp³-hybridized carbons (Fsp3) is 0.190. The maximum atomic E-state index is 12.2. The van der Waals surface area contributed by atoms with Gasteiger partial charge >= 0.3 is 5.97 Å². The molecule has 0 aliphatic carbocycles. The SMILES string of the molecule is C=CCc1ccc(COC(=O)Cc2cccc3c2C(=O)NC3=O)c(OC)c1. The zero-order valence-corrected chi connectivity index (χ0v) is 14.9. The van der Waals surface area contributed by atoms with Crippen LogP contribution in [0.2, 0.25) is 0 Å². The highest BCUT2D eigenvalue weighted by Crippen LogP contribution is 2.23. The van der Waals surface area contributed by atoms with Crippen LogP contribution in [0, 0.1) is 0 Å². The standard InChI is InChI=1S/C21H19NO5/c1-3-5-13-8-9-15(17(10-13)26-2)12-27-18(23)11-14-6-4-7-16-19(14)21(25)22-20(16)24/h3-4,6-10H,1,5,11-12H2,2H3,(H,22,24,25). The molecule has 3 rings (SSSR count). The Bertz CT molecular complexity index is 932. The van der Waals surface area contributed by atoms with E-state index in [0.717, 1.165) is 17.5 Å². The van der Waals surface area contributed by atoms with Crippen molar-refractivity contribution in [1.29, 1.82) is 0 Å². The molecule has 27 heavy (non-hydrogen) atoms. The van der Waals surface area contributed by atoms with Gasteiger partial charge in [0, 0.05) is 5.56 Å². The molecule has 6 nitrogen and oxygen atoms in total. The molecule has 1 N–H and O–H groups in total. The van der Waals surface area contributed by atoms with Crippen molar-refractivity contribution in [2.75, 3.05) is 7.11 Å². The number of benzene rings is 2. The number of hydrogen-bond donors (Lipinski definition) is 1. The van der Waals surface area contributed by atoms with E-state index in [1.54, 1.807) is 31.4 Å². The summed E-state index contributed by atoms with van der Waals surface area (Å²) in [7, 11) is 1.56. The van der Waals surface area contributed by atoms with Gasteiger partial charge in [0.25, 0.3) is 11.8 Å². The predicted molar refractivity (Wildman–Crippen MR) is 98.6 cm³/mol. The molecule has 1 aliphatic rings. The van der Waals surface area contributed by atoms with Crippen LogP contribution in [0.4, 0.5) is 0 Å². The van der Waals surface area contributed by atoms with Crippen LogP contribution in [-0.4, -0.2) is 24.9 Å². The number of esters is 1. The van der Waals surface area contributed by atoms with Crippen molar-refractivity contribution < 1.29 is 23.9 Å². The zero-order chi connectivity index (χ0) is 19.4. The maximum Gasteiger partial charge on any atom is 0.310 e. The molecule has 0 unspecified atom stereocenters. The number of carbonyl (C=O) groups is 3. The third-order valence-corrected chi connectivity index (χ3v) is 4.30. The first-order chi connectivity index (χ1) is 13.0. The fourth-order valence-electron chi connectivity index (χ4n) is 3.00. The zero-order valence-electron chi connectivity index (χ0n) is 14.9. The van der Waals surface area contributed by atoms with Gasteiger partial charge in [-0.3, -0.25) is 19.7 Å². The summed E-state index contributed by atoms with van der Waals surface area (Å²) in [6.07, 6.45) is 2.42. The predicted octanol–water partition coefficient (Wildman–Crippen LogP) is 2.59. The Kier molecular flexibility index (Phi) is 5.35. The lowest BCUT2D eigenvalue weighted by Gasteiger charge is -2.11. The van der Waals surface area contributed by atoms with Gasteiger partial charge in [-0.1, -0.05) is 30.3 Å². The van der Waals surface area contributed by atoms with Crippen LogP contribution >= 0.6 is 0 Å². The quantitative estimate of drug-likeness (QED) is 0.463. The van der Waals surface area contributed by atoms with Crippen LogP contribution in [0.5, 0.6) is 5.75 Å². The van der Waals surface area contributed by atoms with Crippen molar-refractivity contribution in [3.63, 3.8) is 0 Å². The molecule has 2 aromatic carbocycles. The molecule has 1 aliphatic heterocycles. The van der Waals surface area contributed by atoms with Crippen LogP contribution < -0.4 is 10.1 Å². The number of amides is 2. The first-order valence-electron chi connectivity index (χ1n) is 8.43. The van der Waals surface area contributed by atoms with E-state index in [9.17, 15) is 14.4 Å². The van der Waals surface area contributed by atoms with E-state index in [-0.39, 0.29) is 24.2 Å². The van der Waals surface area contributed by atoms with Gasteiger partial charge in [0.15, 0.2) is 0 Å². The lowest BCUT2D eigenvalue weighted by molar-refractivity contribution is -0.144. The van der Waals surface area contributed by atoms with Crippen LogP contribution in [0.1, 0.15) is 37.4 Å². The van der Waals surface area contributed by atoms with Gasteiger partial charge in [-0.15, -0.1) is 6.58 Å². The number of imide groups is 1. The van der Waals surface area contributed by atoms with Gasteiger partial charge < -0.3 is 9.47 Å². The van der Waals surface area contributed by atoms with Gasteiger partial charge in [0.2, 0.25) is 0 Å². The fourth-order valence-corrected chi connectivity index (χ4v) is 3.00. The average molecular weight is 365 g/mol. The second-order valence-electron chi connectivity index (χ2n) is 6.10. The highest BCUT2D eigenvalue weighted by atomic mass is 16.5. The van der Waals surface area contributed by atoms with Crippen molar-refractivity contribution in [2.45, 2.75) is 19.4 Å². The number of allylic oxidation sites excluding steroid dienone is 1. The Morgan fingerprint density at radius 2 is 1.96 bits per heavy atom. The molecule has 1 heterocycles. The second kappa shape index (κ2) is 7.86. The molecule has 0 aromatic heterocycles. The van der Waals surface area contributed by atoms with Crippen molar-refractivity contribution in [3.8, 4) is 5.75 Å². The molecule has 0 saturated carbocycles. The summed E-state index contributed by atoms with van der Waals surface area (Å²) in [5.41, 5.74) is 2.78. The Morgan fingerprint density at radius 3 is 2.70 bits per heavy atom. The van der Waals surface area contributed by atoms with E-state index >= 15 is 0 Å². The number of rotatable bonds is 7. The topological polar surface area (TPSA) is 81.7 Å². The minimum Gasteiger partial charge on any atom is -0.496 e. The van der Waals surface area contributed by atoms with Crippen LogP contribution in [-0.2, 0) is 29.0 Å². The van der Waals surface area contributed by atoms with Crippen LogP contribution in [0.15, 0.2) is 49.1 Å². The molecular weight excluding hydrogens is 346 g/mol. The minimum absolute atomic E-state index is 0.0521. The van der Waals surface area contributed by atoms with Crippen molar-refractivity contribution >= 4 is 17.8 Å².